The second-order valence-electron chi connectivity index (χ2n) is 3.98. The number of benzene rings is 1. The normalized spacial score (nSPS) is 10.0. The van der Waals surface area contributed by atoms with Crippen LogP contribution in [0.25, 0.3) is 0 Å². The lowest BCUT2D eigenvalue weighted by Crippen LogP contribution is -2.36. The van der Waals surface area contributed by atoms with Gasteiger partial charge in [0.2, 0.25) is 11.7 Å². The zero-order valence-corrected chi connectivity index (χ0v) is 11.0. The van der Waals surface area contributed by atoms with Gasteiger partial charge < -0.3 is 25.4 Å². The summed E-state index contributed by atoms with van der Waals surface area (Å²) in [6.07, 6.45) is -0.264. The third kappa shape index (κ3) is 4.82. The molecule has 1 aromatic rings. The number of hydrogen-bond donors (Lipinski definition) is 6. The first-order chi connectivity index (χ1) is 9.99. The van der Waals surface area contributed by atoms with E-state index in [9.17, 15) is 19.8 Å². The van der Waals surface area contributed by atoms with Gasteiger partial charge in [0, 0.05) is 5.56 Å². The summed E-state index contributed by atoms with van der Waals surface area (Å²) in [6.45, 7) is -0.852. The third-order valence-electron chi connectivity index (χ3n) is 2.45. The first kappa shape index (κ1) is 16.5. The molecular weight excluding hydrogens is 284 g/mol. The molecule has 0 heterocycles. The van der Waals surface area contributed by atoms with Crippen LogP contribution in [0.3, 0.4) is 0 Å². The number of aromatic hydroxyl groups is 2. The molecule has 0 saturated heterocycles. The van der Waals surface area contributed by atoms with E-state index in [0.29, 0.717) is 0 Å². The number of hydroxylamine groups is 1. The Morgan fingerprint density at radius 3 is 2.52 bits per heavy atom. The number of ether oxygens (including phenoxy) is 1. The van der Waals surface area contributed by atoms with E-state index in [4.69, 9.17) is 15.1 Å². The van der Waals surface area contributed by atoms with Gasteiger partial charge in [-0.3, -0.25) is 14.8 Å². The van der Waals surface area contributed by atoms with E-state index in [1.165, 1.54) is 17.6 Å². The van der Waals surface area contributed by atoms with Crippen LogP contribution < -0.4 is 15.5 Å². The van der Waals surface area contributed by atoms with Crippen LogP contribution in [0.15, 0.2) is 12.1 Å². The number of carbonyl (C=O) groups is 2. The lowest BCUT2D eigenvalue weighted by atomic mass is 10.1. The molecule has 0 aliphatic heterocycles. The lowest BCUT2D eigenvalue weighted by molar-refractivity contribution is -0.131. The molecule has 116 valence electrons. The minimum atomic E-state index is -0.787. The number of amides is 2. The molecule has 21 heavy (non-hydrogen) atoms. The summed E-state index contributed by atoms with van der Waals surface area (Å²) in [4.78, 5) is 22.3. The van der Waals surface area contributed by atoms with Crippen LogP contribution in [0.1, 0.15) is 5.56 Å². The summed E-state index contributed by atoms with van der Waals surface area (Å²) >= 11 is 0. The Hall–Kier alpha value is -2.52. The van der Waals surface area contributed by atoms with Crippen molar-refractivity contribution in [1.82, 2.24) is 10.8 Å². The number of nitrogens with one attached hydrogen (secondary N) is 2. The molecule has 9 nitrogen and oxygen atoms in total. The van der Waals surface area contributed by atoms with Crippen LogP contribution in [-0.2, 0) is 16.0 Å². The predicted molar refractivity (Wildman–Crippen MR) is 69.0 cm³/mol. The van der Waals surface area contributed by atoms with Crippen molar-refractivity contribution in [3.63, 3.8) is 0 Å². The SMILES string of the molecule is O=C(CNC(=O)Cc1ccc(O)c(OCCO)c1O)NO. The van der Waals surface area contributed by atoms with Gasteiger partial charge in [0.15, 0.2) is 11.5 Å². The summed E-state index contributed by atoms with van der Waals surface area (Å²) in [7, 11) is 0. The van der Waals surface area contributed by atoms with Crippen molar-refractivity contribution in [2.45, 2.75) is 6.42 Å². The lowest BCUT2D eigenvalue weighted by Gasteiger charge is -2.12. The molecule has 1 aromatic carbocycles. The number of phenols is 2. The van der Waals surface area contributed by atoms with Crippen molar-refractivity contribution in [3.05, 3.63) is 17.7 Å². The molecule has 0 atom stereocenters. The minimum Gasteiger partial charge on any atom is -0.504 e. The first-order valence-corrected chi connectivity index (χ1v) is 5.96. The van der Waals surface area contributed by atoms with Crippen LogP contribution >= 0.6 is 0 Å². The fourth-order valence-electron chi connectivity index (χ4n) is 1.49. The van der Waals surface area contributed by atoms with E-state index < -0.39 is 24.1 Å². The van der Waals surface area contributed by atoms with Crippen molar-refractivity contribution in [1.29, 1.82) is 0 Å². The molecule has 0 fully saturated rings. The summed E-state index contributed by atoms with van der Waals surface area (Å²) in [5, 5.41) is 38.6. The van der Waals surface area contributed by atoms with Crippen LogP contribution in [-0.4, -0.2) is 52.1 Å². The number of hydrogen-bond acceptors (Lipinski definition) is 7. The molecule has 0 saturated carbocycles. The van der Waals surface area contributed by atoms with Crippen LogP contribution in [0.5, 0.6) is 17.2 Å². The topological polar surface area (TPSA) is 148 Å². The van der Waals surface area contributed by atoms with Gasteiger partial charge in [-0.2, -0.15) is 0 Å². The van der Waals surface area contributed by atoms with E-state index in [2.05, 4.69) is 5.32 Å². The largest absolute Gasteiger partial charge is 0.504 e. The maximum Gasteiger partial charge on any atom is 0.262 e. The number of carbonyl (C=O) groups excluding carboxylic acids is 2. The van der Waals surface area contributed by atoms with Crippen molar-refractivity contribution >= 4 is 11.8 Å². The summed E-state index contributed by atoms with van der Waals surface area (Å²) in [5.74, 6) is -2.35. The van der Waals surface area contributed by atoms with Gasteiger partial charge in [0.25, 0.3) is 5.91 Å². The van der Waals surface area contributed by atoms with Gasteiger partial charge in [-0.15, -0.1) is 0 Å². The fraction of sp³-hybridized carbons (Fsp3) is 0.333. The van der Waals surface area contributed by atoms with Gasteiger partial charge >= 0.3 is 0 Å². The Balaban J connectivity index is 2.75. The van der Waals surface area contributed by atoms with Crippen molar-refractivity contribution < 1.29 is 34.9 Å². The van der Waals surface area contributed by atoms with Crippen LogP contribution in [0, 0.1) is 0 Å². The molecule has 0 bridgehead atoms. The highest BCUT2D eigenvalue weighted by molar-refractivity contribution is 5.85. The van der Waals surface area contributed by atoms with Crippen LogP contribution in [0.4, 0.5) is 0 Å². The van der Waals surface area contributed by atoms with Gasteiger partial charge in [0.1, 0.15) is 6.61 Å². The van der Waals surface area contributed by atoms with Gasteiger partial charge in [-0.05, 0) is 6.07 Å². The minimum absolute atomic E-state index is 0.132. The number of aliphatic hydroxyl groups excluding tert-OH is 1. The molecule has 0 radical (unpaired) electrons. The van der Waals surface area contributed by atoms with E-state index in [-0.39, 0.29) is 36.7 Å². The van der Waals surface area contributed by atoms with Crippen molar-refractivity contribution in [2.24, 2.45) is 0 Å². The number of rotatable bonds is 7. The summed E-state index contributed by atoms with van der Waals surface area (Å²) < 4.78 is 4.98. The molecule has 0 unspecified atom stereocenters. The Bertz CT molecular complexity index is 519. The van der Waals surface area contributed by atoms with E-state index in [1.54, 1.807) is 0 Å². The molecule has 0 aliphatic rings. The highest BCUT2D eigenvalue weighted by Gasteiger charge is 2.16. The molecule has 0 aromatic heterocycles. The Morgan fingerprint density at radius 2 is 1.90 bits per heavy atom. The highest BCUT2D eigenvalue weighted by Crippen LogP contribution is 2.38. The van der Waals surface area contributed by atoms with Crippen molar-refractivity contribution in [3.8, 4) is 17.2 Å². The third-order valence-corrected chi connectivity index (χ3v) is 2.45. The van der Waals surface area contributed by atoms with E-state index in [1.807, 2.05) is 0 Å². The second-order valence-corrected chi connectivity index (χ2v) is 3.98. The average Bonchev–Trinajstić information content (AvgIpc) is 2.47. The van der Waals surface area contributed by atoms with Gasteiger partial charge in [0.05, 0.1) is 19.6 Å². The van der Waals surface area contributed by atoms with Crippen molar-refractivity contribution in [2.75, 3.05) is 19.8 Å². The molecule has 6 N–H and O–H groups in total. The zero-order valence-electron chi connectivity index (χ0n) is 11.0. The maximum atomic E-state index is 11.6. The smallest absolute Gasteiger partial charge is 0.262 e. The molecule has 1 rings (SSSR count). The summed E-state index contributed by atoms with van der Waals surface area (Å²) in [5.41, 5.74) is 1.52. The Kier molecular flexibility index (Phi) is 6.24. The zero-order chi connectivity index (χ0) is 15.8. The average molecular weight is 300 g/mol. The molecule has 2 amide bonds. The standard InChI is InChI=1S/C12H16N2O7/c15-3-4-21-12-8(16)2-1-7(11(12)19)5-9(17)13-6-10(18)14-20/h1-2,15-16,19-20H,3-6H2,(H,13,17)(H,14,18). The Morgan fingerprint density at radius 1 is 1.19 bits per heavy atom. The Labute approximate surface area is 119 Å². The van der Waals surface area contributed by atoms with E-state index in [0.717, 1.165) is 0 Å². The highest BCUT2D eigenvalue weighted by atomic mass is 16.5. The number of phenolic OH excluding ortho intramolecular Hbond substituents is 2. The molecule has 9 heteroatoms. The van der Waals surface area contributed by atoms with Gasteiger partial charge in [-0.25, -0.2) is 5.48 Å². The maximum absolute atomic E-state index is 11.6. The first-order valence-electron chi connectivity index (χ1n) is 5.96. The summed E-state index contributed by atoms with van der Waals surface area (Å²) in [6, 6.07) is 2.55. The second kappa shape index (κ2) is 7.92. The van der Waals surface area contributed by atoms with E-state index >= 15 is 0 Å². The molecule has 0 aliphatic carbocycles. The fourth-order valence-corrected chi connectivity index (χ4v) is 1.49. The monoisotopic (exact) mass is 300 g/mol. The molecular formula is C12H16N2O7. The van der Waals surface area contributed by atoms with Crippen LogP contribution in [0.2, 0.25) is 0 Å². The quantitative estimate of drug-likeness (QED) is 0.269. The predicted octanol–water partition coefficient (Wildman–Crippen LogP) is -1.37. The number of aliphatic hydroxyl groups is 1. The van der Waals surface area contributed by atoms with Gasteiger partial charge in [-0.1, -0.05) is 6.07 Å². The molecule has 0 spiro atoms.